The molecule has 1 amide bonds. The van der Waals surface area contributed by atoms with Crippen LogP contribution in [0.3, 0.4) is 0 Å². The van der Waals surface area contributed by atoms with Gasteiger partial charge in [0.2, 0.25) is 5.91 Å². The van der Waals surface area contributed by atoms with Crippen molar-refractivity contribution in [3.63, 3.8) is 0 Å². The Labute approximate surface area is 111 Å². The van der Waals surface area contributed by atoms with Gasteiger partial charge in [0.25, 0.3) is 0 Å². The van der Waals surface area contributed by atoms with Crippen molar-refractivity contribution >= 4 is 5.91 Å². The highest BCUT2D eigenvalue weighted by Gasteiger charge is 2.22. The largest absolute Gasteiger partial charge is 0.392 e. The van der Waals surface area contributed by atoms with Crippen molar-refractivity contribution in [1.82, 2.24) is 10.2 Å². The van der Waals surface area contributed by atoms with Crippen LogP contribution in [-0.4, -0.2) is 47.7 Å². The summed E-state index contributed by atoms with van der Waals surface area (Å²) in [6.07, 6.45) is 6.53. The predicted molar refractivity (Wildman–Crippen MR) is 73.4 cm³/mol. The molecule has 2 N–H and O–H groups in total. The smallest absolute Gasteiger partial charge is 0.221 e. The predicted octanol–water partition coefficient (Wildman–Crippen LogP) is 1.53. The lowest BCUT2D eigenvalue weighted by Gasteiger charge is -2.35. The minimum atomic E-state index is -0.318. The zero-order valence-electron chi connectivity index (χ0n) is 11.8. The Bertz CT molecular complexity index is 238. The van der Waals surface area contributed by atoms with Gasteiger partial charge in [-0.25, -0.2) is 0 Å². The van der Waals surface area contributed by atoms with Gasteiger partial charge in [-0.05, 0) is 26.7 Å². The molecule has 0 aliphatic heterocycles. The summed E-state index contributed by atoms with van der Waals surface area (Å²) in [5.74, 6) is 0.115. The number of nitrogens with zero attached hydrogens (tertiary/aromatic N) is 1. The summed E-state index contributed by atoms with van der Waals surface area (Å²) in [5.41, 5.74) is 0. The van der Waals surface area contributed by atoms with Crippen molar-refractivity contribution in [3.8, 4) is 0 Å². The summed E-state index contributed by atoms with van der Waals surface area (Å²) >= 11 is 0. The molecular formula is C14H28N2O2. The molecule has 4 heteroatoms. The van der Waals surface area contributed by atoms with Gasteiger partial charge < -0.3 is 10.4 Å². The third-order valence-electron chi connectivity index (χ3n) is 3.59. The highest BCUT2D eigenvalue weighted by atomic mass is 16.3. The van der Waals surface area contributed by atoms with E-state index in [9.17, 15) is 9.90 Å². The summed E-state index contributed by atoms with van der Waals surface area (Å²) in [4.78, 5) is 13.8. The van der Waals surface area contributed by atoms with Crippen molar-refractivity contribution < 1.29 is 9.90 Å². The molecule has 0 aromatic heterocycles. The van der Waals surface area contributed by atoms with Crippen LogP contribution in [0.1, 0.15) is 52.4 Å². The van der Waals surface area contributed by atoms with E-state index in [-0.39, 0.29) is 12.0 Å². The molecule has 1 unspecified atom stereocenters. The maximum atomic E-state index is 11.5. The topological polar surface area (TPSA) is 52.6 Å². The molecule has 0 heterocycles. The van der Waals surface area contributed by atoms with Crippen LogP contribution in [0.15, 0.2) is 0 Å². The van der Waals surface area contributed by atoms with Crippen LogP contribution in [-0.2, 0) is 4.79 Å². The van der Waals surface area contributed by atoms with Crippen LogP contribution >= 0.6 is 0 Å². The minimum absolute atomic E-state index is 0.115. The van der Waals surface area contributed by atoms with E-state index in [1.165, 1.54) is 32.1 Å². The number of aliphatic hydroxyl groups excluding tert-OH is 1. The normalized spacial score (nSPS) is 18.9. The summed E-state index contributed by atoms with van der Waals surface area (Å²) in [6, 6.07) is 0.558. The maximum Gasteiger partial charge on any atom is 0.221 e. The summed E-state index contributed by atoms with van der Waals surface area (Å²) in [5, 5.41) is 12.4. The number of hydrogen-bond donors (Lipinski definition) is 2. The zero-order valence-corrected chi connectivity index (χ0v) is 11.8. The Morgan fingerprint density at radius 2 is 2.06 bits per heavy atom. The van der Waals surface area contributed by atoms with Crippen LogP contribution < -0.4 is 5.32 Å². The molecule has 106 valence electrons. The molecule has 1 aliphatic rings. The van der Waals surface area contributed by atoms with Gasteiger partial charge in [-0.2, -0.15) is 0 Å². The highest BCUT2D eigenvalue weighted by molar-refractivity contribution is 5.75. The minimum Gasteiger partial charge on any atom is -0.392 e. The number of carbonyl (C=O) groups is 1. The zero-order chi connectivity index (χ0) is 13.4. The number of aliphatic hydroxyl groups is 1. The fourth-order valence-electron chi connectivity index (χ4n) is 2.74. The first-order chi connectivity index (χ1) is 8.63. The molecule has 1 saturated carbocycles. The Morgan fingerprint density at radius 1 is 1.39 bits per heavy atom. The third-order valence-corrected chi connectivity index (χ3v) is 3.59. The van der Waals surface area contributed by atoms with E-state index in [0.717, 1.165) is 6.54 Å². The first-order valence-electron chi connectivity index (χ1n) is 7.32. The molecule has 1 aliphatic carbocycles. The summed E-state index contributed by atoms with van der Waals surface area (Å²) in [6.45, 7) is 5.90. The monoisotopic (exact) mass is 256 g/mol. The first kappa shape index (κ1) is 15.4. The fourth-order valence-corrected chi connectivity index (χ4v) is 2.74. The average molecular weight is 256 g/mol. The maximum absolute atomic E-state index is 11.5. The van der Waals surface area contributed by atoms with E-state index in [1.54, 1.807) is 0 Å². The molecule has 4 nitrogen and oxygen atoms in total. The van der Waals surface area contributed by atoms with Gasteiger partial charge >= 0.3 is 0 Å². The van der Waals surface area contributed by atoms with Crippen molar-refractivity contribution in [1.29, 1.82) is 0 Å². The van der Waals surface area contributed by atoms with E-state index < -0.39 is 0 Å². The van der Waals surface area contributed by atoms with Crippen molar-refractivity contribution in [2.24, 2.45) is 0 Å². The van der Waals surface area contributed by atoms with Crippen LogP contribution in [0.4, 0.5) is 0 Å². The highest BCUT2D eigenvalue weighted by Crippen LogP contribution is 2.22. The van der Waals surface area contributed by atoms with E-state index in [1.807, 2.05) is 13.8 Å². The molecule has 0 aromatic rings. The lowest BCUT2D eigenvalue weighted by molar-refractivity contribution is -0.121. The van der Waals surface area contributed by atoms with Crippen LogP contribution in [0.25, 0.3) is 0 Å². The molecule has 0 aromatic carbocycles. The SMILES string of the molecule is CCNC(=O)CCN(CC(C)O)C1CCCCC1. The first-order valence-corrected chi connectivity index (χ1v) is 7.32. The van der Waals surface area contributed by atoms with Crippen LogP contribution in [0.5, 0.6) is 0 Å². The van der Waals surface area contributed by atoms with E-state index >= 15 is 0 Å². The molecule has 0 spiro atoms. The van der Waals surface area contributed by atoms with Gasteiger partial charge in [0.1, 0.15) is 0 Å². The number of rotatable bonds is 7. The fraction of sp³-hybridized carbons (Fsp3) is 0.929. The number of amides is 1. The molecule has 0 saturated heterocycles. The van der Waals surface area contributed by atoms with Crippen molar-refractivity contribution in [2.75, 3.05) is 19.6 Å². The molecular weight excluding hydrogens is 228 g/mol. The van der Waals surface area contributed by atoms with Crippen LogP contribution in [0, 0.1) is 0 Å². The van der Waals surface area contributed by atoms with Gasteiger partial charge in [0.15, 0.2) is 0 Å². The average Bonchev–Trinajstić information content (AvgIpc) is 2.35. The van der Waals surface area contributed by atoms with E-state index in [2.05, 4.69) is 10.2 Å². The van der Waals surface area contributed by atoms with Crippen molar-refractivity contribution in [2.45, 2.75) is 64.5 Å². The van der Waals surface area contributed by atoms with Crippen molar-refractivity contribution in [3.05, 3.63) is 0 Å². The Kier molecular flexibility index (Phi) is 7.28. The second-order valence-corrected chi connectivity index (χ2v) is 5.34. The second kappa shape index (κ2) is 8.48. The van der Waals surface area contributed by atoms with Crippen LogP contribution in [0.2, 0.25) is 0 Å². The van der Waals surface area contributed by atoms with Gasteiger partial charge in [-0.3, -0.25) is 9.69 Å². The molecule has 1 fully saturated rings. The number of hydrogen-bond acceptors (Lipinski definition) is 3. The summed E-state index contributed by atoms with van der Waals surface area (Å²) in [7, 11) is 0. The molecule has 0 bridgehead atoms. The Morgan fingerprint density at radius 3 is 2.61 bits per heavy atom. The number of carbonyl (C=O) groups excluding carboxylic acids is 1. The third kappa shape index (κ3) is 5.83. The standard InChI is InChI=1S/C14H28N2O2/c1-3-15-14(18)9-10-16(11-12(2)17)13-7-5-4-6-8-13/h12-13,17H,3-11H2,1-2H3,(H,15,18). The van der Waals surface area contributed by atoms with Gasteiger partial charge in [-0.15, -0.1) is 0 Å². The van der Waals surface area contributed by atoms with Gasteiger partial charge in [-0.1, -0.05) is 19.3 Å². The Hall–Kier alpha value is -0.610. The molecule has 1 rings (SSSR count). The lowest BCUT2D eigenvalue weighted by atomic mass is 9.94. The molecule has 1 atom stereocenters. The van der Waals surface area contributed by atoms with Gasteiger partial charge in [0.05, 0.1) is 6.10 Å². The number of nitrogens with one attached hydrogen (secondary N) is 1. The second-order valence-electron chi connectivity index (χ2n) is 5.34. The van der Waals surface area contributed by atoms with E-state index in [4.69, 9.17) is 0 Å². The lowest BCUT2D eigenvalue weighted by Crippen LogP contribution is -2.42. The molecule has 18 heavy (non-hydrogen) atoms. The Balaban J connectivity index is 2.41. The van der Waals surface area contributed by atoms with E-state index in [0.29, 0.717) is 25.6 Å². The molecule has 0 radical (unpaired) electrons. The van der Waals surface area contributed by atoms with Gasteiger partial charge in [0, 0.05) is 32.1 Å². The quantitative estimate of drug-likeness (QED) is 0.726. The summed E-state index contributed by atoms with van der Waals surface area (Å²) < 4.78 is 0.